The molecule has 4 heteroatoms. The average molecular weight is 177 g/mol. The minimum atomic E-state index is -3.07. The highest BCUT2D eigenvalue weighted by Gasteiger charge is 2.08. The van der Waals surface area contributed by atoms with Gasteiger partial charge in [0, 0.05) is 11.1 Å². The minimum absolute atomic E-state index is 0.149. The first-order valence-corrected chi connectivity index (χ1v) is 5.21. The SMILES string of the molecule is C/C(N)=C/S(=O)(=O)CC(C)C. The minimum Gasteiger partial charge on any atom is -0.402 e. The zero-order chi connectivity index (χ0) is 9.07. The Balaban J connectivity index is 4.38. The van der Waals surface area contributed by atoms with Crippen molar-refractivity contribution in [3.8, 4) is 0 Å². The number of sulfone groups is 1. The quantitative estimate of drug-likeness (QED) is 0.696. The number of rotatable bonds is 3. The van der Waals surface area contributed by atoms with E-state index in [2.05, 4.69) is 0 Å². The van der Waals surface area contributed by atoms with E-state index in [-0.39, 0.29) is 11.7 Å². The van der Waals surface area contributed by atoms with Crippen molar-refractivity contribution in [2.24, 2.45) is 11.7 Å². The molecule has 0 aromatic rings. The summed E-state index contributed by atoms with van der Waals surface area (Å²) in [7, 11) is -3.07. The van der Waals surface area contributed by atoms with Crippen LogP contribution in [0.2, 0.25) is 0 Å². The van der Waals surface area contributed by atoms with Gasteiger partial charge in [-0.1, -0.05) is 13.8 Å². The highest BCUT2D eigenvalue weighted by Crippen LogP contribution is 2.02. The van der Waals surface area contributed by atoms with Crippen molar-refractivity contribution >= 4 is 9.84 Å². The molecular weight excluding hydrogens is 162 g/mol. The van der Waals surface area contributed by atoms with Crippen molar-refractivity contribution in [1.29, 1.82) is 0 Å². The third-order valence-electron chi connectivity index (χ3n) is 0.931. The van der Waals surface area contributed by atoms with E-state index >= 15 is 0 Å². The molecule has 0 aliphatic rings. The fourth-order valence-corrected chi connectivity index (χ4v) is 2.39. The topological polar surface area (TPSA) is 60.2 Å². The standard InChI is InChI=1S/C7H15NO2S/c1-6(2)4-11(9,10)5-7(3)8/h5-6H,4,8H2,1-3H3/b7-5-. The van der Waals surface area contributed by atoms with E-state index in [1.54, 1.807) is 6.92 Å². The largest absolute Gasteiger partial charge is 0.402 e. The molecule has 0 aromatic carbocycles. The van der Waals surface area contributed by atoms with Crippen LogP contribution in [0, 0.1) is 5.92 Å². The Kier molecular flexibility index (Phi) is 3.58. The molecule has 0 spiro atoms. The van der Waals surface area contributed by atoms with Gasteiger partial charge in [-0.2, -0.15) is 0 Å². The Morgan fingerprint density at radius 2 is 2.00 bits per heavy atom. The summed E-state index contributed by atoms with van der Waals surface area (Å²) < 4.78 is 22.2. The third-order valence-corrected chi connectivity index (χ3v) is 2.79. The first kappa shape index (κ1) is 10.5. The summed E-state index contributed by atoms with van der Waals surface area (Å²) in [5.74, 6) is 0.317. The van der Waals surface area contributed by atoms with Crippen LogP contribution >= 0.6 is 0 Å². The maximum absolute atomic E-state index is 11.1. The van der Waals surface area contributed by atoms with E-state index < -0.39 is 9.84 Å². The molecule has 0 rings (SSSR count). The Labute approximate surface area is 68.2 Å². The molecule has 66 valence electrons. The maximum Gasteiger partial charge on any atom is 0.173 e. The van der Waals surface area contributed by atoms with E-state index in [1.807, 2.05) is 13.8 Å². The molecule has 0 fully saturated rings. The average Bonchev–Trinajstić information content (AvgIpc) is 1.53. The van der Waals surface area contributed by atoms with Crippen molar-refractivity contribution in [3.63, 3.8) is 0 Å². The number of hydrogen-bond acceptors (Lipinski definition) is 3. The Morgan fingerprint density at radius 1 is 1.55 bits per heavy atom. The van der Waals surface area contributed by atoms with Crippen molar-refractivity contribution < 1.29 is 8.42 Å². The van der Waals surface area contributed by atoms with Gasteiger partial charge in [0.1, 0.15) is 0 Å². The van der Waals surface area contributed by atoms with Gasteiger partial charge in [-0.05, 0) is 12.8 Å². The van der Waals surface area contributed by atoms with Crippen LogP contribution in [0.25, 0.3) is 0 Å². The smallest absolute Gasteiger partial charge is 0.173 e. The highest BCUT2D eigenvalue weighted by molar-refractivity contribution is 7.94. The van der Waals surface area contributed by atoms with Crippen LogP contribution in [0.5, 0.6) is 0 Å². The van der Waals surface area contributed by atoms with Gasteiger partial charge in [-0.25, -0.2) is 8.42 Å². The Bertz CT molecular complexity index is 235. The lowest BCUT2D eigenvalue weighted by atomic mass is 10.3. The molecule has 0 aliphatic heterocycles. The fraction of sp³-hybridized carbons (Fsp3) is 0.714. The second kappa shape index (κ2) is 3.76. The molecule has 0 saturated carbocycles. The molecule has 0 aromatic heterocycles. The van der Waals surface area contributed by atoms with Crippen molar-refractivity contribution in [2.75, 3.05) is 5.75 Å². The molecule has 0 aliphatic carbocycles. The molecule has 0 radical (unpaired) electrons. The summed E-state index contributed by atoms with van der Waals surface area (Å²) in [5.41, 5.74) is 5.57. The van der Waals surface area contributed by atoms with Gasteiger partial charge in [-0.15, -0.1) is 0 Å². The molecule has 0 amide bonds. The van der Waals surface area contributed by atoms with Crippen LogP contribution in [-0.4, -0.2) is 14.2 Å². The molecule has 2 N–H and O–H groups in total. The van der Waals surface area contributed by atoms with E-state index in [0.717, 1.165) is 5.41 Å². The molecule has 0 atom stereocenters. The first-order valence-electron chi connectivity index (χ1n) is 3.50. The second-order valence-electron chi connectivity index (χ2n) is 3.09. The van der Waals surface area contributed by atoms with Gasteiger partial charge in [0.15, 0.2) is 9.84 Å². The highest BCUT2D eigenvalue weighted by atomic mass is 32.2. The first-order chi connectivity index (χ1) is 4.83. The van der Waals surface area contributed by atoms with Crippen LogP contribution in [0.3, 0.4) is 0 Å². The molecule has 3 nitrogen and oxygen atoms in total. The predicted octanol–water partition coefficient (Wildman–Crippen LogP) is 0.877. The molecule has 11 heavy (non-hydrogen) atoms. The van der Waals surface area contributed by atoms with Gasteiger partial charge in [0.2, 0.25) is 0 Å². The van der Waals surface area contributed by atoms with E-state index in [9.17, 15) is 8.42 Å². The van der Waals surface area contributed by atoms with Crippen LogP contribution in [-0.2, 0) is 9.84 Å². The van der Waals surface area contributed by atoms with E-state index in [4.69, 9.17) is 5.73 Å². The fourth-order valence-electron chi connectivity index (χ4n) is 0.796. The van der Waals surface area contributed by atoms with Gasteiger partial charge in [0.05, 0.1) is 5.75 Å². The van der Waals surface area contributed by atoms with E-state index in [1.165, 1.54) is 0 Å². The maximum atomic E-state index is 11.1. The van der Waals surface area contributed by atoms with Crippen LogP contribution in [0.15, 0.2) is 11.1 Å². The summed E-state index contributed by atoms with van der Waals surface area (Å²) in [6.45, 7) is 5.28. The van der Waals surface area contributed by atoms with Gasteiger partial charge >= 0.3 is 0 Å². The second-order valence-corrected chi connectivity index (χ2v) is 4.98. The van der Waals surface area contributed by atoms with Gasteiger partial charge in [-0.3, -0.25) is 0 Å². The summed E-state index contributed by atoms with van der Waals surface area (Å²) in [4.78, 5) is 0. The summed E-state index contributed by atoms with van der Waals surface area (Å²) >= 11 is 0. The normalized spacial score (nSPS) is 14.0. The zero-order valence-corrected chi connectivity index (χ0v) is 7.98. The lowest BCUT2D eigenvalue weighted by Crippen LogP contribution is -2.10. The van der Waals surface area contributed by atoms with Gasteiger partial charge in [0.25, 0.3) is 0 Å². The molecule has 0 bridgehead atoms. The summed E-state index contributed by atoms with van der Waals surface area (Å²) in [6.07, 6.45) is 0. The molecular formula is C7H15NO2S. The molecule has 0 saturated heterocycles. The monoisotopic (exact) mass is 177 g/mol. The van der Waals surface area contributed by atoms with Gasteiger partial charge < -0.3 is 5.73 Å². The number of nitrogens with two attached hydrogens (primary N) is 1. The lowest BCUT2D eigenvalue weighted by Gasteiger charge is -2.01. The van der Waals surface area contributed by atoms with Crippen molar-refractivity contribution in [1.82, 2.24) is 0 Å². The molecule has 0 heterocycles. The summed E-state index contributed by atoms with van der Waals surface area (Å²) in [6, 6.07) is 0. The van der Waals surface area contributed by atoms with Crippen LogP contribution in [0.1, 0.15) is 20.8 Å². The van der Waals surface area contributed by atoms with Crippen LogP contribution < -0.4 is 5.73 Å². The summed E-state index contributed by atoms with van der Waals surface area (Å²) in [5, 5.41) is 1.12. The Morgan fingerprint density at radius 3 is 2.27 bits per heavy atom. The van der Waals surface area contributed by atoms with Crippen molar-refractivity contribution in [2.45, 2.75) is 20.8 Å². The molecule has 0 unspecified atom stereocenters. The van der Waals surface area contributed by atoms with Crippen molar-refractivity contribution in [3.05, 3.63) is 11.1 Å². The lowest BCUT2D eigenvalue weighted by molar-refractivity contribution is 0.591. The zero-order valence-electron chi connectivity index (χ0n) is 7.16. The van der Waals surface area contributed by atoms with E-state index in [0.29, 0.717) is 5.70 Å². The Hall–Kier alpha value is -0.510. The third kappa shape index (κ3) is 5.91. The number of hydrogen-bond donors (Lipinski definition) is 1. The predicted molar refractivity (Wildman–Crippen MR) is 46.6 cm³/mol. The number of allylic oxidation sites excluding steroid dienone is 1. The van der Waals surface area contributed by atoms with Crippen LogP contribution in [0.4, 0.5) is 0 Å².